The van der Waals surface area contributed by atoms with Crippen molar-refractivity contribution in [2.45, 2.75) is 27.2 Å². The summed E-state index contributed by atoms with van der Waals surface area (Å²) < 4.78 is 0. The summed E-state index contributed by atoms with van der Waals surface area (Å²) >= 11 is 0. The van der Waals surface area contributed by atoms with Gasteiger partial charge in [0.15, 0.2) is 0 Å². The number of rotatable bonds is 0. The van der Waals surface area contributed by atoms with E-state index in [1.807, 2.05) is 0 Å². The Morgan fingerprint density at radius 3 is 1.89 bits per heavy atom. The molecule has 1 rings (SSSR count). The molecule has 48 valence electrons. The van der Waals surface area contributed by atoms with E-state index < -0.39 is 0 Å². The minimum atomic E-state index is 0. The van der Waals surface area contributed by atoms with Gasteiger partial charge in [-0.1, -0.05) is 22.8 Å². The Morgan fingerprint density at radius 2 is 1.78 bits per heavy atom. The van der Waals surface area contributed by atoms with Crippen LogP contribution in [0.3, 0.4) is 0 Å². The van der Waals surface area contributed by atoms with Gasteiger partial charge in [0.05, 0.1) is 0 Å². The van der Waals surface area contributed by atoms with Crippen molar-refractivity contribution in [3.05, 3.63) is 22.8 Å². The van der Waals surface area contributed by atoms with Gasteiger partial charge in [0.1, 0.15) is 0 Å². The molecular weight excluding hydrogens is 144 g/mol. The van der Waals surface area contributed by atoms with Gasteiger partial charge in [-0.05, 0) is 27.2 Å². The van der Waals surface area contributed by atoms with Gasteiger partial charge < -0.3 is 0 Å². The Balaban J connectivity index is 0.000000640. The zero-order valence-corrected chi connectivity index (χ0v) is 7.85. The van der Waals surface area contributed by atoms with Crippen LogP contribution in [0.2, 0.25) is 0 Å². The van der Waals surface area contributed by atoms with E-state index in [0.29, 0.717) is 0 Å². The molecule has 0 heterocycles. The molecule has 0 fully saturated rings. The van der Waals surface area contributed by atoms with E-state index in [-0.39, 0.29) is 21.7 Å². The minimum absolute atomic E-state index is 0. The molecule has 0 saturated heterocycles. The van der Waals surface area contributed by atoms with Crippen LogP contribution < -0.4 is 0 Å². The normalized spacial score (nSPS) is 17.4. The summed E-state index contributed by atoms with van der Waals surface area (Å²) in [6.07, 6.45) is 3.46. The molecule has 0 aromatic rings. The molecule has 0 atom stereocenters. The number of hydrogen-bond donors (Lipinski definition) is 0. The van der Waals surface area contributed by atoms with E-state index in [9.17, 15) is 0 Å². The molecule has 0 aromatic heterocycles. The van der Waals surface area contributed by atoms with Crippen LogP contribution in [-0.2, 0) is 21.7 Å². The Labute approximate surface area is 71.9 Å². The van der Waals surface area contributed by atoms with Crippen molar-refractivity contribution in [3.63, 3.8) is 0 Å². The summed E-state index contributed by atoms with van der Waals surface area (Å²) in [5, 5.41) is 0. The van der Waals surface area contributed by atoms with E-state index >= 15 is 0 Å². The molecule has 0 bridgehead atoms. The molecule has 0 aromatic carbocycles. The fraction of sp³-hybridized carbons (Fsp3) is 0.500. The number of allylic oxidation sites excluding steroid dienone is 4. The van der Waals surface area contributed by atoms with Gasteiger partial charge in [-0.25, -0.2) is 0 Å². The van der Waals surface area contributed by atoms with Crippen molar-refractivity contribution in [2.24, 2.45) is 0 Å². The van der Waals surface area contributed by atoms with E-state index in [1.54, 1.807) is 0 Å². The maximum atomic E-state index is 2.26. The van der Waals surface area contributed by atoms with Crippen LogP contribution in [0.5, 0.6) is 0 Å². The Morgan fingerprint density at radius 1 is 1.22 bits per heavy atom. The van der Waals surface area contributed by atoms with Gasteiger partial charge in [-0.3, -0.25) is 0 Å². The average molecular weight is 156 g/mol. The largest absolute Gasteiger partial charge is 0.0690 e. The van der Waals surface area contributed by atoms with Crippen molar-refractivity contribution in [3.8, 4) is 0 Å². The van der Waals surface area contributed by atoms with E-state index in [4.69, 9.17) is 0 Å². The van der Waals surface area contributed by atoms with Crippen molar-refractivity contribution >= 4 is 0 Å². The first-order valence-electron chi connectivity index (χ1n) is 3.03. The van der Waals surface area contributed by atoms with Crippen LogP contribution in [-0.4, -0.2) is 0 Å². The smallest absolute Gasteiger partial charge is 0 e. The molecule has 1 aliphatic rings. The maximum absolute atomic E-state index is 2.26. The third-order valence-corrected chi connectivity index (χ3v) is 1.68. The molecular formula is C8H12Ti. The van der Waals surface area contributed by atoms with Crippen LogP contribution >= 0.6 is 0 Å². The summed E-state index contributed by atoms with van der Waals surface area (Å²) in [6, 6.07) is 0. The average Bonchev–Trinajstić information content (AvgIpc) is 1.85. The van der Waals surface area contributed by atoms with Gasteiger partial charge in [-0.15, -0.1) is 0 Å². The zero-order chi connectivity index (χ0) is 6.15. The van der Waals surface area contributed by atoms with Gasteiger partial charge in [0, 0.05) is 21.7 Å². The molecule has 0 nitrogen and oxygen atoms in total. The van der Waals surface area contributed by atoms with Gasteiger partial charge in [0.25, 0.3) is 0 Å². The number of hydrogen-bond acceptors (Lipinski definition) is 0. The van der Waals surface area contributed by atoms with Crippen molar-refractivity contribution in [1.29, 1.82) is 0 Å². The quantitative estimate of drug-likeness (QED) is 0.473. The molecule has 0 spiro atoms. The molecule has 0 amide bonds. The third-order valence-electron chi connectivity index (χ3n) is 1.68. The van der Waals surface area contributed by atoms with Crippen molar-refractivity contribution < 1.29 is 21.7 Å². The second kappa shape index (κ2) is 3.38. The van der Waals surface area contributed by atoms with E-state index in [2.05, 4.69) is 26.8 Å². The monoisotopic (exact) mass is 156 g/mol. The molecule has 0 radical (unpaired) electrons. The summed E-state index contributed by atoms with van der Waals surface area (Å²) in [5.74, 6) is 0. The topological polar surface area (TPSA) is 0 Å². The predicted octanol–water partition coefficient (Wildman–Crippen LogP) is 2.67. The van der Waals surface area contributed by atoms with E-state index in [0.717, 1.165) is 0 Å². The molecule has 0 saturated carbocycles. The van der Waals surface area contributed by atoms with Gasteiger partial charge >= 0.3 is 0 Å². The fourth-order valence-electron chi connectivity index (χ4n) is 1.10. The first-order valence-corrected chi connectivity index (χ1v) is 3.03. The standard InChI is InChI=1S/C8H12.Ti/c1-6-4-7(2)8(3)5-6;/h4H,5H2,1-3H3;. The van der Waals surface area contributed by atoms with Crippen molar-refractivity contribution in [1.82, 2.24) is 0 Å². The Kier molecular flexibility index (Phi) is 3.46. The minimum Gasteiger partial charge on any atom is -0.0690 e. The Bertz CT molecular complexity index is 163. The molecule has 0 N–H and O–H groups in total. The molecule has 9 heavy (non-hydrogen) atoms. The molecule has 0 unspecified atom stereocenters. The Hall–Kier alpha value is 0.194. The first kappa shape index (κ1) is 9.19. The first-order chi connectivity index (χ1) is 3.70. The molecule has 0 aliphatic heterocycles. The van der Waals surface area contributed by atoms with Crippen LogP contribution in [0, 0.1) is 0 Å². The fourth-order valence-corrected chi connectivity index (χ4v) is 1.10. The molecule has 1 heteroatoms. The van der Waals surface area contributed by atoms with E-state index in [1.165, 1.54) is 23.1 Å². The SMILES string of the molecule is CC1=CC(C)=C(C)C1.[Ti]. The second-order valence-electron chi connectivity index (χ2n) is 2.63. The van der Waals surface area contributed by atoms with Gasteiger partial charge in [0.2, 0.25) is 0 Å². The third kappa shape index (κ3) is 2.11. The predicted molar refractivity (Wildman–Crippen MR) is 36.7 cm³/mol. The molecule has 1 aliphatic carbocycles. The van der Waals surface area contributed by atoms with Crippen LogP contribution in [0.4, 0.5) is 0 Å². The second-order valence-corrected chi connectivity index (χ2v) is 2.63. The zero-order valence-electron chi connectivity index (χ0n) is 6.28. The maximum Gasteiger partial charge on any atom is 0 e. The summed E-state index contributed by atoms with van der Waals surface area (Å²) in [4.78, 5) is 0. The van der Waals surface area contributed by atoms with Crippen LogP contribution in [0.25, 0.3) is 0 Å². The van der Waals surface area contributed by atoms with Crippen LogP contribution in [0.1, 0.15) is 27.2 Å². The summed E-state index contributed by atoms with van der Waals surface area (Å²) in [5.41, 5.74) is 4.49. The van der Waals surface area contributed by atoms with Gasteiger partial charge in [-0.2, -0.15) is 0 Å². The summed E-state index contributed by atoms with van der Waals surface area (Å²) in [6.45, 7) is 6.55. The van der Waals surface area contributed by atoms with Crippen molar-refractivity contribution in [2.75, 3.05) is 0 Å². The van der Waals surface area contributed by atoms with Crippen LogP contribution in [0.15, 0.2) is 22.8 Å². The summed E-state index contributed by atoms with van der Waals surface area (Å²) in [7, 11) is 0.